The normalized spacial score (nSPS) is 25.0. The van der Waals surface area contributed by atoms with Crippen LogP contribution in [0.5, 0.6) is 0 Å². The van der Waals surface area contributed by atoms with Crippen molar-refractivity contribution in [3.8, 4) is 0 Å². The molecule has 5 heteroatoms. The van der Waals surface area contributed by atoms with Gasteiger partial charge in [0.25, 0.3) is 0 Å². The quantitative estimate of drug-likeness (QED) is 0.910. The highest BCUT2D eigenvalue weighted by molar-refractivity contribution is 9.10. The van der Waals surface area contributed by atoms with Crippen LogP contribution in [-0.2, 0) is 4.74 Å². The van der Waals surface area contributed by atoms with Crippen LogP contribution in [0.15, 0.2) is 16.7 Å². The van der Waals surface area contributed by atoms with Gasteiger partial charge in [0.15, 0.2) is 0 Å². The second-order valence-corrected chi connectivity index (χ2v) is 5.41. The lowest BCUT2D eigenvalue weighted by Gasteiger charge is -2.37. The van der Waals surface area contributed by atoms with Crippen molar-refractivity contribution >= 4 is 27.4 Å². The van der Waals surface area contributed by atoms with Crippen molar-refractivity contribution in [1.82, 2.24) is 4.98 Å². The summed E-state index contributed by atoms with van der Waals surface area (Å²) in [5, 5.41) is 0. The second-order valence-electron chi connectivity index (χ2n) is 4.56. The van der Waals surface area contributed by atoms with E-state index in [1.807, 2.05) is 6.07 Å². The van der Waals surface area contributed by atoms with Crippen molar-refractivity contribution in [3.05, 3.63) is 16.7 Å². The van der Waals surface area contributed by atoms with Gasteiger partial charge in [0.1, 0.15) is 5.82 Å². The van der Waals surface area contributed by atoms with Crippen LogP contribution in [0.4, 0.5) is 11.5 Å². The van der Waals surface area contributed by atoms with Crippen molar-refractivity contribution in [2.24, 2.45) is 5.92 Å². The van der Waals surface area contributed by atoms with Gasteiger partial charge in [-0.2, -0.15) is 0 Å². The van der Waals surface area contributed by atoms with Gasteiger partial charge in [-0.1, -0.05) is 6.92 Å². The molecular weight excluding hydrogens is 282 g/mol. The molecular formula is C12H18BrN3O. The Morgan fingerprint density at radius 3 is 3.00 bits per heavy atom. The summed E-state index contributed by atoms with van der Waals surface area (Å²) in [4.78, 5) is 6.64. The molecule has 2 rings (SSSR count). The number of aromatic nitrogens is 1. The Hall–Kier alpha value is -0.810. The molecule has 2 unspecified atom stereocenters. The standard InChI is InChI=1S/C12H18BrN3O/c1-8-3-4-16(7-11(8)17-2)12-10(13)5-9(14)6-15-12/h5-6,8,11H,3-4,7,14H2,1-2H3. The SMILES string of the molecule is COC1CN(c2ncc(N)cc2Br)CCC1C. The predicted molar refractivity (Wildman–Crippen MR) is 73.1 cm³/mol. The van der Waals surface area contributed by atoms with E-state index in [1.54, 1.807) is 13.3 Å². The lowest BCUT2D eigenvalue weighted by Crippen LogP contribution is -2.44. The van der Waals surface area contributed by atoms with E-state index < -0.39 is 0 Å². The van der Waals surface area contributed by atoms with Crippen LogP contribution in [0.25, 0.3) is 0 Å². The maximum Gasteiger partial charge on any atom is 0.143 e. The van der Waals surface area contributed by atoms with Gasteiger partial charge in [0.05, 0.1) is 22.5 Å². The third kappa shape index (κ3) is 2.72. The van der Waals surface area contributed by atoms with Crippen molar-refractivity contribution < 1.29 is 4.74 Å². The van der Waals surface area contributed by atoms with E-state index >= 15 is 0 Å². The average Bonchev–Trinajstić information content (AvgIpc) is 2.30. The fraction of sp³-hybridized carbons (Fsp3) is 0.583. The fourth-order valence-corrected chi connectivity index (χ4v) is 2.83. The summed E-state index contributed by atoms with van der Waals surface area (Å²) < 4.78 is 6.46. The molecule has 4 nitrogen and oxygen atoms in total. The van der Waals surface area contributed by atoms with Gasteiger partial charge in [-0.3, -0.25) is 0 Å². The molecule has 2 heterocycles. The maximum absolute atomic E-state index is 5.70. The highest BCUT2D eigenvalue weighted by Crippen LogP contribution is 2.29. The Labute approximate surface area is 110 Å². The highest BCUT2D eigenvalue weighted by Gasteiger charge is 2.27. The first kappa shape index (κ1) is 12.6. The first-order valence-corrected chi connectivity index (χ1v) is 6.60. The van der Waals surface area contributed by atoms with E-state index in [9.17, 15) is 0 Å². The largest absolute Gasteiger partial charge is 0.397 e. The van der Waals surface area contributed by atoms with Crippen LogP contribution in [-0.4, -0.2) is 31.3 Å². The van der Waals surface area contributed by atoms with Crippen molar-refractivity contribution in [2.45, 2.75) is 19.4 Å². The van der Waals surface area contributed by atoms with Crippen LogP contribution < -0.4 is 10.6 Å². The van der Waals surface area contributed by atoms with E-state index in [4.69, 9.17) is 10.5 Å². The Morgan fingerprint density at radius 1 is 1.59 bits per heavy atom. The summed E-state index contributed by atoms with van der Waals surface area (Å²) >= 11 is 3.51. The number of hydrogen-bond donors (Lipinski definition) is 1. The molecule has 0 aromatic carbocycles. The lowest BCUT2D eigenvalue weighted by atomic mass is 9.96. The maximum atomic E-state index is 5.70. The van der Waals surface area contributed by atoms with Gasteiger partial charge < -0.3 is 15.4 Å². The highest BCUT2D eigenvalue weighted by atomic mass is 79.9. The van der Waals surface area contributed by atoms with Crippen LogP contribution in [0.3, 0.4) is 0 Å². The smallest absolute Gasteiger partial charge is 0.143 e. The van der Waals surface area contributed by atoms with Crippen LogP contribution >= 0.6 is 15.9 Å². The summed E-state index contributed by atoms with van der Waals surface area (Å²) in [5.74, 6) is 1.55. The summed E-state index contributed by atoms with van der Waals surface area (Å²) in [6, 6.07) is 1.89. The third-order valence-corrected chi connectivity index (χ3v) is 3.92. The lowest BCUT2D eigenvalue weighted by molar-refractivity contribution is 0.0496. The van der Waals surface area contributed by atoms with E-state index in [-0.39, 0.29) is 6.10 Å². The molecule has 17 heavy (non-hydrogen) atoms. The van der Waals surface area contributed by atoms with E-state index in [1.165, 1.54) is 0 Å². The Balaban J connectivity index is 2.17. The third-order valence-electron chi connectivity index (χ3n) is 3.33. The summed E-state index contributed by atoms with van der Waals surface area (Å²) in [6.45, 7) is 4.13. The molecule has 2 N–H and O–H groups in total. The monoisotopic (exact) mass is 299 g/mol. The number of nitrogens with two attached hydrogens (primary N) is 1. The van der Waals surface area contributed by atoms with Gasteiger partial charge in [-0.05, 0) is 34.3 Å². The number of nitrogen functional groups attached to an aromatic ring is 1. The Bertz CT molecular complexity index is 399. The molecule has 0 spiro atoms. The molecule has 0 radical (unpaired) electrons. The van der Waals surface area contributed by atoms with Gasteiger partial charge in [0.2, 0.25) is 0 Å². The predicted octanol–water partition coefficient (Wildman–Crippen LogP) is 2.29. The zero-order chi connectivity index (χ0) is 12.4. The minimum Gasteiger partial charge on any atom is -0.397 e. The molecule has 1 aromatic heterocycles. The summed E-state index contributed by atoms with van der Waals surface area (Å²) in [5.41, 5.74) is 6.37. The Kier molecular flexibility index (Phi) is 3.89. The topological polar surface area (TPSA) is 51.4 Å². The number of rotatable bonds is 2. The number of halogens is 1. The molecule has 1 aromatic rings. The average molecular weight is 300 g/mol. The first-order chi connectivity index (χ1) is 8.11. The van der Waals surface area contributed by atoms with E-state index in [0.29, 0.717) is 11.6 Å². The minimum atomic E-state index is 0.273. The summed E-state index contributed by atoms with van der Waals surface area (Å²) in [7, 11) is 1.77. The van der Waals surface area contributed by atoms with Gasteiger partial charge >= 0.3 is 0 Å². The molecule has 0 saturated carbocycles. The molecule has 0 aliphatic carbocycles. The number of nitrogens with zero attached hydrogens (tertiary/aromatic N) is 2. The van der Waals surface area contributed by atoms with Crippen LogP contribution in [0, 0.1) is 5.92 Å². The zero-order valence-corrected chi connectivity index (χ0v) is 11.8. The van der Waals surface area contributed by atoms with Gasteiger partial charge in [-0.15, -0.1) is 0 Å². The second kappa shape index (κ2) is 5.23. The van der Waals surface area contributed by atoms with Crippen molar-refractivity contribution in [2.75, 3.05) is 30.8 Å². The number of pyridine rings is 1. The van der Waals surface area contributed by atoms with Crippen molar-refractivity contribution in [3.63, 3.8) is 0 Å². The molecule has 1 fully saturated rings. The Morgan fingerprint density at radius 2 is 2.35 bits per heavy atom. The van der Waals surface area contributed by atoms with Gasteiger partial charge in [0, 0.05) is 20.2 Å². The molecule has 1 aliphatic rings. The number of piperidine rings is 1. The van der Waals surface area contributed by atoms with Crippen molar-refractivity contribution in [1.29, 1.82) is 0 Å². The minimum absolute atomic E-state index is 0.273. The number of ether oxygens (including phenoxy) is 1. The molecule has 0 bridgehead atoms. The van der Waals surface area contributed by atoms with Crippen LogP contribution in [0.2, 0.25) is 0 Å². The van der Waals surface area contributed by atoms with E-state index in [2.05, 4.69) is 32.7 Å². The fourth-order valence-electron chi connectivity index (χ4n) is 2.21. The van der Waals surface area contributed by atoms with Crippen LogP contribution in [0.1, 0.15) is 13.3 Å². The molecule has 0 amide bonds. The first-order valence-electron chi connectivity index (χ1n) is 5.80. The number of hydrogen-bond acceptors (Lipinski definition) is 4. The molecule has 1 saturated heterocycles. The number of methoxy groups -OCH3 is 1. The number of anilines is 2. The van der Waals surface area contributed by atoms with Gasteiger partial charge in [-0.25, -0.2) is 4.98 Å². The van der Waals surface area contributed by atoms with E-state index in [0.717, 1.165) is 29.8 Å². The molecule has 94 valence electrons. The molecule has 2 atom stereocenters. The molecule has 1 aliphatic heterocycles. The zero-order valence-electron chi connectivity index (χ0n) is 10.2. The summed E-state index contributed by atoms with van der Waals surface area (Å²) in [6.07, 6.45) is 3.09.